The van der Waals surface area contributed by atoms with Crippen LogP contribution in [-0.2, 0) is 65.4 Å². The van der Waals surface area contributed by atoms with E-state index in [1.165, 1.54) is 199 Å². The van der Waals surface area contributed by atoms with Crippen LogP contribution in [0.15, 0.2) is 0 Å². The number of hydrogen-bond acceptors (Lipinski definition) is 15. The Hall–Kier alpha value is -1.94. The molecule has 0 spiro atoms. The number of unbranched alkanes of at least 4 members (excludes halogenated alkanes) is 43. The molecule has 5 atom stereocenters. The molecule has 0 aliphatic rings. The summed E-state index contributed by atoms with van der Waals surface area (Å²) in [6.07, 6.45) is 54.7. The minimum absolute atomic E-state index is 0.101. The normalized spacial score (nSPS) is 14.1. The molecule has 570 valence electrons. The van der Waals surface area contributed by atoms with Crippen molar-refractivity contribution in [1.82, 2.24) is 0 Å². The third-order valence-electron chi connectivity index (χ3n) is 17.9. The lowest BCUT2D eigenvalue weighted by Gasteiger charge is -2.21. The summed E-state index contributed by atoms with van der Waals surface area (Å²) < 4.78 is 68.4. The highest BCUT2D eigenvalue weighted by atomic mass is 31.2. The molecule has 0 heterocycles. The van der Waals surface area contributed by atoms with Gasteiger partial charge in [0.15, 0.2) is 12.2 Å². The third kappa shape index (κ3) is 70.5. The maximum Gasteiger partial charge on any atom is 0.472 e. The van der Waals surface area contributed by atoms with Gasteiger partial charge in [0.05, 0.1) is 26.4 Å². The highest BCUT2D eigenvalue weighted by Crippen LogP contribution is 2.45. The molecule has 0 saturated carbocycles. The molecule has 0 aromatic carbocycles. The molecule has 3 N–H and O–H groups in total. The van der Waals surface area contributed by atoms with Crippen LogP contribution in [0, 0.1) is 17.8 Å². The number of esters is 4. The molecule has 0 saturated heterocycles. The van der Waals surface area contributed by atoms with E-state index in [9.17, 15) is 43.2 Å². The lowest BCUT2D eigenvalue weighted by atomic mass is 10.0. The fourth-order valence-electron chi connectivity index (χ4n) is 11.8. The number of phosphoric acid groups is 2. The van der Waals surface area contributed by atoms with Crippen molar-refractivity contribution in [3.05, 3.63) is 0 Å². The molecule has 0 aliphatic carbocycles. The maximum atomic E-state index is 13.1. The predicted molar refractivity (Wildman–Crippen MR) is 391 cm³/mol. The molecular weight excluding hydrogens is 1260 g/mol. The fraction of sp³-hybridized carbons (Fsp3) is 0.948. The first-order valence-electron chi connectivity index (χ1n) is 39.8. The van der Waals surface area contributed by atoms with Gasteiger partial charge in [0.1, 0.15) is 19.3 Å². The van der Waals surface area contributed by atoms with E-state index >= 15 is 0 Å². The van der Waals surface area contributed by atoms with E-state index in [1.54, 1.807) is 0 Å². The highest BCUT2D eigenvalue weighted by Gasteiger charge is 2.30. The summed E-state index contributed by atoms with van der Waals surface area (Å²) in [4.78, 5) is 72.7. The molecule has 17 nitrogen and oxygen atoms in total. The number of ether oxygens (including phenoxy) is 4. The molecule has 19 heteroatoms. The summed E-state index contributed by atoms with van der Waals surface area (Å²) in [6, 6.07) is 0. The molecule has 0 rings (SSSR count). The molecule has 0 fully saturated rings. The van der Waals surface area contributed by atoms with Crippen molar-refractivity contribution in [2.75, 3.05) is 39.6 Å². The Kier molecular flexibility index (Phi) is 66.2. The van der Waals surface area contributed by atoms with E-state index in [0.717, 1.165) is 102 Å². The van der Waals surface area contributed by atoms with Crippen LogP contribution >= 0.6 is 15.6 Å². The number of hydrogen-bond donors (Lipinski definition) is 3. The van der Waals surface area contributed by atoms with Gasteiger partial charge in [0.2, 0.25) is 0 Å². The minimum Gasteiger partial charge on any atom is -0.462 e. The number of aliphatic hydroxyl groups is 1. The van der Waals surface area contributed by atoms with Gasteiger partial charge in [-0.3, -0.25) is 37.3 Å². The van der Waals surface area contributed by atoms with Crippen LogP contribution in [0.3, 0.4) is 0 Å². The summed E-state index contributed by atoms with van der Waals surface area (Å²) in [5, 5.41) is 10.6. The van der Waals surface area contributed by atoms with Gasteiger partial charge >= 0.3 is 39.5 Å². The Morgan fingerprint density at radius 3 is 0.708 bits per heavy atom. The molecule has 0 bridgehead atoms. The van der Waals surface area contributed by atoms with Crippen molar-refractivity contribution < 1.29 is 80.2 Å². The Morgan fingerprint density at radius 2 is 0.479 bits per heavy atom. The first kappa shape index (κ1) is 94.1. The molecule has 0 aromatic rings. The number of rotatable bonds is 75. The molecule has 2 unspecified atom stereocenters. The third-order valence-corrected chi connectivity index (χ3v) is 19.8. The first-order chi connectivity index (χ1) is 46.2. The number of aliphatic hydroxyl groups excluding tert-OH is 1. The lowest BCUT2D eigenvalue weighted by molar-refractivity contribution is -0.161. The summed E-state index contributed by atoms with van der Waals surface area (Å²) in [6.45, 7) is 11.7. The van der Waals surface area contributed by atoms with Crippen molar-refractivity contribution in [1.29, 1.82) is 0 Å². The Labute approximate surface area is 588 Å². The molecule has 0 amide bonds. The summed E-state index contributed by atoms with van der Waals surface area (Å²) in [5.41, 5.74) is 0. The van der Waals surface area contributed by atoms with E-state index in [-0.39, 0.29) is 25.7 Å². The van der Waals surface area contributed by atoms with Crippen LogP contribution in [0.4, 0.5) is 0 Å². The SMILES string of the molecule is CCCCCCCCCCCCCCCCCCCCCCCC(=O)O[C@H](COC(=O)CCCCCCCCCCCCCCCCC(C)C)COP(=O)(O)OC[C@@H](O)COP(=O)(O)OC[C@@H](COC(=O)CCCCCCCCC(C)C)OC(=O)CCCCCCCCC(C)C. The van der Waals surface area contributed by atoms with Crippen LogP contribution in [0.2, 0.25) is 0 Å². The predicted octanol–water partition coefficient (Wildman–Crippen LogP) is 22.6. The van der Waals surface area contributed by atoms with Gasteiger partial charge in [0, 0.05) is 25.7 Å². The second-order valence-electron chi connectivity index (χ2n) is 29.2. The zero-order chi connectivity index (χ0) is 70.9. The monoisotopic (exact) mass is 1410 g/mol. The minimum atomic E-state index is -4.96. The van der Waals surface area contributed by atoms with E-state index in [4.69, 9.17) is 37.0 Å². The van der Waals surface area contributed by atoms with Gasteiger partial charge in [-0.2, -0.15) is 0 Å². The Morgan fingerprint density at radius 1 is 0.281 bits per heavy atom. The van der Waals surface area contributed by atoms with E-state index in [2.05, 4.69) is 48.5 Å². The van der Waals surface area contributed by atoms with Crippen LogP contribution in [0.1, 0.15) is 395 Å². The first-order valence-corrected chi connectivity index (χ1v) is 42.8. The smallest absolute Gasteiger partial charge is 0.462 e. The second kappa shape index (κ2) is 67.5. The van der Waals surface area contributed by atoms with Crippen molar-refractivity contribution in [3.8, 4) is 0 Å². The second-order valence-corrected chi connectivity index (χ2v) is 32.1. The number of carbonyl (C=O) groups excluding carboxylic acids is 4. The Bertz CT molecular complexity index is 1870. The molecule has 0 aromatic heterocycles. The largest absolute Gasteiger partial charge is 0.472 e. The molecule has 0 radical (unpaired) electrons. The highest BCUT2D eigenvalue weighted by molar-refractivity contribution is 7.47. The van der Waals surface area contributed by atoms with Crippen molar-refractivity contribution in [2.45, 2.75) is 414 Å². The van der Waals surface area contributed by atoms with Crippen LogP contribution in [0.25, 0.3) is 0 Å². The van der Waals surface area contributed by atoms with E-state index in [1.807, 2.05) is 0 Å². The fourth-order valence-corrected chi connectivity index (χ4v) is 13.4. The van der Waals surface area contributed by atoms with Gasteiger partial charge in [0.25, 0.3) is 0 Å². The van der Waals surface area contributed by atoms with E-state index < -0.39 is 97.5 Å². The molecule has 0 aliphatic heterocycles. The molecular formula is C77H150O17P2. The summed E-state index contributed by atoms with van der Waals surface area (Å²) >= 11 is 0. The van der Waals surface area contributed by atoms with Gasteiger partial charge < -0.3 is 33.8 Å². The van der Waals surface area contributed by atoms with Crippen LogP contribution in [0.5, 0.6) is 0 Å². The zero-order valence-electron chi connectivity index (χ0n) is 62.8. The standard InChI is InChI=1S/C77H150O17P2/c1-8-9-10-11-12-13-14-15-16-17-18-19-20-21-22-27-30-33-36-46-53-60-76(81)93-72(64-87-74(79)58-51-44-35-32-29-26-24-23-25-28-31-34-41-48-55-68(2)3)66-91-95(83,84)89-62-71(78)63-90-96(85,86)92-67-73(94-77(82)61-54-47-40-38-43-50-57-70(6)7)65-88-75(80)59-52-45-39-37-42-49-56-69(4)5/h68-73,78H,8-67H2,1-7H3,(H,83,84)(H,85,86)/t71-,72-,73-/m1/s1. The van der Waals surface area contributed by atoms with Gasteiger partial charge in [-0.25, -0.2) is 9.13 Å². The van der Waals surface area contributed by atoms with Crippen molar-refractivity contribution >= 4 is 39.5 Å². The maximum absolute atomic E-state index is 13.1. The van der Waals surface area contributed by atoms with Crippen LogP contribution in [-0.4, -0.2) is 96.7 Å². The van der Waals surface area contributed by atoms with Gasteiger partial charge in [-0.15, -0.1) is 0 Å². The average molecular weight is 1410 g/mol. The quantitative estimate of drug-likeness (QED) is 0.0222. The Balaban J connectivity index is 5.17. The lowest BCUT2D eigenvalue weighted by Crippen LogP contribution is -2.30. The van der Waals surface area contributed by atoms with Gasteiger partial charge in [-0.05, 0) is 43.4 Å². The van der Waals surface area contributed by atoms with Gasteiger partial charge in [-0.1, -0.05) is 344 Å². The van der Waals surface area contributed by atoms with E-state index in [0.29, 0.717) is 37.5 Å². The average Bonchev–Trinajstić information content (AvgIpc) is 1.11. The van der Waals surface area contributed by atoms with Crippen molar-refractivity contribution in [2.24, 2.45) is 17.8 Å². The topological polar surface area (TPSA) is 237 Å². The molecule has 96 heavy (non-hydrogen) atoms. The number of phosphoric ester groups is 2. The zero-order valence-corrected chi connectivity index (χ0v) is 64.6. The van der Waals surface area contributed by atoms with Crippen LogP contribution < -0.4 is 0 Å². The summed E-state index contributed by atoms with van der Waals surface area (Å²) in [7, 11) is -9.91. The summed E-state index contributed by atoms with van der Waals surface area (Å²) in [5.74, 6) is 0.0229. The number of carbonyl (C=O) groups is 4. The van der Waals surface area contributed by atoms with Crippen molar-refractivity contribution in [3.63, 3.8) is 0 Å².